The smallest absolute Gasteiger partial charge is 0.00332 e. The summed E-state index contributed by atoms with van der Waals surface area (Å²) in [4.78, 5) is 0. The minimum Gasteiger partial charge on any atom is -0.330 e. The molecule has 0 fully saturated rings. The molecule has 0 radical (unpaired) electrons. The highest BCUT2D eigenvalue weighted by molar-refractivity contribution is 4.72. The van der Waals surface area contributed by atoms with Gasteiger partial charge in [0.1, 0.15) is 0 Å². The lowest BCUT2D eigenvalue weighted by Crippen LogP contribution is -2.38. The largest absolute Gasteiger partial charge is 0.330 e. The van der Waals surface area contributed by atoms with E-state index in [2.05, 4.69) is 0 Å². The van der Waals surface area contributed by atoms with Crippen molar-refractivity contribution in [3.05, 3.63) is 0 Å². The molecule has 0 aromatic carbocycles. The van der Waals surface area contributed by atoms with E-state index in [1.165, 1.54) is 0 Å². The Morgan fingerprint density at radius 2 is 0.800 bits per heavy atom. The average Bonchev–Trinajstić information content (AvgIpc) is 2.00. The third kappa shape index (κ3) is 2.62. The van der Waals surface area contributed by atoms with Gasteiger partial charge in [0.05, 0.1) is 0 Å². The van der Waals surface area contributed by atoms with Gasteiger partial charge in [-0.15, -0.1) is 0 Å². The van der Waals surface area contributed by atoms with Gasteiger partial charge in [0.25, 0.3) is 0 Å². The predicted octanol–water partition coefficient (Wildman–Crippen LogP) is -1.95. The zero-order valence-electron chi connectivity index (χ0n) is 6.29. The lowest BCUT2D eigenvalue weighted by Gasteiger charge is -2.21. The molecular weight excluding hydrogens is 128 g/mol. The van der Waals surface area contributed by atoms with Gasteiger partial charge in [0, 0.05) is 0 Å². The molecule has 0 aliphatic carbocycles. The first kappa shape index (κ1) is 9.84. The molecule has 10 heavy (non-hydrogen) atoms. The lowest BCUT2D eigenvalue weighted by atomic mass is 9.93. The average molecular weight is 146 g/mol. The highest BCUT2D eigenvalue weighted by atomic mass is 14.7. The molecule has 0 saturated heterocycles. The lowest BCUT2D eigenvalue weighted by molar-refractivity contribution is 0.362. The van der Waals surface area contributed by atoms with E-state index in [0.717, 1.165) is 0 Å². The van der Waals surface area contributed by atoms with Crippen LogP contribution in [0.3, 0.4) is 0 Å². The van der Waals surface area contributed by atoms with E-state index in [9.17, 15) is 0 Å². The maximum absolute atomic E-state index is 5.44. The summed E-state index contributed by atoms with van der Waals surface area (Å²) in [7, 11) is 0. The van der Waals surface area contributed by atoms with Crippen LogP contribution in [0.5, 0.6) is 0 Å². The standard InChI is InChI=1S/C6H18N4/c7-1-5(2-8)6(3-9)4-10/h5-6H,1-4,7-10H2. The maximum Gasteiger partial charge on any atom is -0.00332 e. The van der Waals surface area contributed by atoms with Crippen LogP contribution in [0.1, 0.15) is 0 Å². The summed E-state index contributed by atoms with van der Waals surface area (Å²) in [6.07, 6.45) is 0. The molecule has 8 N–H and O–H groups in total. The van der Waals surface area contributed by atoms with Crippen LogP contribution in [0.15, 0.2) is 0 Å². The second kappa shape index (κ2) is 5.61. The number of nitrogens with two attached hydrogens (primary N) is 4. The molecule has 0 saturated carbocycles. The Labute approximate surface area is 61.9 Å². The number of rotatable bonds is 5. The van der Waals surface area contributed by atoms with Crippen LogP contribution in [0.2, 0.25) is 0 Å². The molecule has 62 valence electrons. The summed E-state index contributed by atoms with van der Waals surface area (Å²) < 4.78 is 0. The van der Waals surface area contributed by atoms with E-state index in [-0.39, 0.29) is 11.8 Å². The van der Waals surface area contributed by atoms with Crippen molar-refractivity contribution < 1.29 is 0 Å². The summed E-state index contributed by atoms with van der Waals surface area (Å²) in [6, 6.07) is 0. The minimum absolute atomic E-state index is 0.287. The van der Waals surface area contributed by atoms with Crippen LogP contribution in [0.4, 0.5) is 0 Å². The second-order valence-electron chi connectivity index (χ2n) is 2.46. The Morgan fingerprint density at radius 1 is 0.600 bits per heavy atom. The van der Waals surface area contributed by atoms with Crippen LogP contribution in [0.25, 0.3) is 0 Å². The highest BCUT2D eigenvalue weighted by Crippen LogP contribution is 2.05. The van der Waals surface area contributed by atoms with Gasteiger partial charge in [-0.3, -0.25) is 0 Å². The fourth-order valence-electron chi connectivity index (χ4n) is 0.962. The molecule has 0 atom stereocenters. The van der Waals surface area contributed by atoms with Gasteiger partial charge in [-0.1, -0.05) is 0 Å². The number of hydrogen-bond acceptors (Lipinski definition) is 4. The molecule has 0 aromatic rings. The van der Waals surface area contributed by atoms with Gasteiger partial charge in [-0.25, -0.2) is 0 Å². The van der Waals surface area contributed by atoms with E-state index in [4.69, 9.17) is 22.9 Å². The maximum atomic E-state index is 5.44. The topological polar surface area (TPSA) is 104 Å². The Morgan fingerprint density at radius 3 is 0.900 bits per heavy atom. The zero-order chi connectivity index (χ0) is 7.98. The van der Waals surface area contributed by atoms with Crippen molar-refractivity contribution in [3.63, 3.8) is 0 Å². The molecule has 0 aliphatic heterocycles. The van der Waals surface area contributed by atoms with Crippen molar-refractivity contribution >= 4 is 0 Å². The number of hydrogen-bond donors (Lipinski definition) is 4. The summed E-state index contributed by atoms with van der Waals surface area (Å²) in [6.45, 7) is 2.32. The van der Waals surface area contributed by atoms with Crippen molar-refractivity contribution in [3.8, 4) is 0 Å². The molecule has 0 spiro atoms. The Bertz CT molecular complexity index is 58.1. The zero-order valence-corrected chi connectivity index (χ0v) is 6.29. The van der Waals surface area contributed by atoms with Gasteiger partial charge in [-0.05, 0) is 38.0 Å². The summed E-state index contributed by atoms with van der Waals surface area (Å²) in [5.41, 5.74) is 21.8. The van der Waals surface area contributed by atoms with Gasteiger partial charge in [-0.2, -0.15) is 0 Å². The first-order chi connectivity index (χ1) is 4.79. The third-order valence-electron chi connectivity index (χ3n) is 1.88. The van der Waals surface area contributed by atoms with Gasteiger partial charge in [0.15, 0.2) is 0 Å². The van der Waals surface area contributed by atoms with Crippen LogP contribution in [-0.4, -0.2) is 26.2 Å². The van der Waals surface area contributed by atoms with Gasteiger partial charge in [0.2, 0.25) is 0 Å². The molecule has 0 aromatic heterocycles. The fourth-order valence-corrected chi connectivity index (χ4v) is 0.962. The predicted molar refractivity (Wildman–Crippen MR) is 43.2 cm³/mol. The molecule has 0 bridgehead atoms. The highest BCUT2D eigenvalue weighted by Gasteiger charge is 2.14. The molecule has 0 rings (SSSR count). The summed E-state index contributed by atoms with van der Waals surface area (Å²) in [5, 5.41) is 0. The normalized spacial score (nSPS) is 11.4. The van der Waals surface area contributed by atoms with E-state index >= 15 is 0 Å². The van der Waals surface area contributed by atoms with Crippen molar-refractivity contribution in [1.29, 1.82) is 0 Å². The fraction of sp³-hybridized carbons (Fsp3) is 1.00. The van der Waals surface area contributed by atoms with E-state index in [1.54, 1.807) is 0 Å². The monoisotopic (exact) mass is 146 g/mol. The SMILES string of the molecule is NCC(CN)C(CN)CN. The molecule has 0 heterocycles. The van der Waals surface area contributed by atoms with Gasteiger partial charge >= 0.3 is 0 Å². The molecule has 4 nitrogen and oxygen atoms in total. The summed E-state index contributed by atoms with van der Waals surface area (Å²) >= 11 is 0. The van der Waals surface area contributed by atoms with Crippen molar-refractivity contribution in [2.75, 3.05) is 26.2 Å². The third-order valence-corrected chi connectivity index (χ3v) is 1.88. The molecule has 0 unspecified atom stereocenters. The van der Waals surface area contributed by atoms with Crippen LogP contribution in [0, 0.1) is 11.8 Å². The molecule has 0 aliphatic rings. The Kier molecular flexibility index (Phi) is 5.52. The molecular formula is C6H18N4. The van der Waals surface area contributed by atoms with E-state index in [0.29, 0.717) is 26.2 Å². The second-order valence-corrected chi connectivity index (χ2v) is 2.46. The van der Waals surface area contributed by atoms with Crippen molar-refractivity contribution in [2.45, 2.75) is 0 Å². The van der Waals surface area contributed by atoms with E-state index in [1.807, 2.05) is 0 Å². The van der Waals surface area contributed by atoms with Gasteiger partial charge < -0.3 is 22.9 Å². The molecule has 4 heteroatoms. The van der Waals surface area contributed by atoms with Crippen molar-refractivity contribution in [2.24, 2.45) is 34.8 Å². The first-order valence-corrected chi connectivity index (χ1v) is 3.60. The van der Waals surface area contributed by atoms with Crippen LogP contribution in [-0.2, 0) is 0 Å². The Hall–Kier alpha value is -0.160. The van der Waals surface area contributed by atoms with Crippen LogP contribution >= 0.6 is 0 Å². The van der Waals surface area contributed by atoms with Crippen molar-refractivity contribution in [1.82, 2.24) is 0 Å². The first-order valence-electron chi connectivity index (χ1n) is 3.60. The molecule has 0 amide bonds. The van der Waals surface area contributed by atoms with Crippen LogP contribution < -0.4 is 22.9 Å². The quantitative estimate of drug-likeness (QED) is 0.362. The van der Waals surface area contributed by atoms with E-state index < -0.39 is 0 Å². The minimum atomic E-state index is 0.287. The Balaban J connectivity index is 3.70. The summed E-state index contributed by atoms with van der Waals surface area (Å²) in [5.74, 6) is 0.574.